The van der Waals surface area contributed by atoms with Crippen molar-refractivity contribution in [3.63, 3.8) is 0 Å². The molecular formula is C24H27BrN2O3. The molecule has 0 bridgehead atoms. The summed E-state index contributed by atoms with van der Waals surface area (Å²) in [4.78, 5) is 27.9. The first-order valence-corrected chi connectivity index (χ1v) is 11.2. The van der Waals surface area contributed by atoms with Crippen LogP contribution in [-0.4, -0.2) is 36.4 Å². The number of benzene rings is 2. The maximum absolute atomic E-state index is 13.3. The summed E-state index contributed by atoms with van der Waals surface area (Å²) in [5, 5.41) is 2.85. The highest BCUT2D eigenvalue weighted by Crippen LogP contribution is 2.18. The second kappa shape index (κ2) is 11.0. The molecule has 0 aliphatic carbocycles. The number of ether oxygens (including phenoxy) is 1. The molecule has 1 aliphatic heterocycles. The Hall–Kier alpha value is -2.60. The van der Waals surface area contributed by atoms with E-state index in [0.717, 1.165) is 41.5 Å². The number of nitrogens with zero attached hydrogens (tertiary/aromatic N) is 1. The van der Waals surface area contributed by atoms with E-state index in [2.05, 4.69) is 21.2 Å². The Morgan fingerprint density at radius 3 is 2.40 bits per heavy atom. The molecule has 2 amide bonds. The molecule has 30 heavy (non-hydrogen) atoms. The van der Waals surface area contributed by atoms with Crippen LogP contribution in [0.2, 0.25) is 0 Å². The van der Waals surface area contributed by atoms with Crippen LogP contribution in [0, 0.1) is 0 Å². The summed E-state index contributed by atoms with van der Waals surface area (Å²) in [6.45, 7) is 3.96. The molecule has 1 saturated heterocycles. The predicted octanol–water partition coefficient (Wildman–Crippen LogP) is 5.02. The molecule has 0 unspecified atom stereocenters. The van der Waals surface area contributed by atoms with Gasteiger partial charge in [-0.25, -0.2) is 0 Å². The Labute approximate surface area is 186 Å². The lowest BCUT2D eigenvalue weighted by molar-refractivity contribution is -0.127. The molecule has 2 aromatic rings. The quantitative estimate of drug-likeness (QED) is 0.602. The van der Waals surface area contributed by atoms with Gasteiger partial charge in [-0.05, 0) is 61.7 Å². The number of hydrogen-bond acceptors (Lipinski definition) is 3. The molecule has 0 saturated carbocycles. The summed E-state index contributed by atoms with van der Waals surface area (Å²) in [5.41, 5.74) is 1.60. The molecule has 1 heterocycles. The van der Waals surface area contributed by atoms with Gasteiger partial charge < -0.3 is 15.0 Å². The Bertz CT molecular complexity index is 901. The second-order valence-electron chi connectivity index (χ2n) is 7.23. The number of carbonyl (C=O) groups excluding carboxylic acids is 2. The minimum absolute atomic E-state index is 0.144. The monoisotopic (exact) mass is 470 g/mol. The zero-order valence-corrected chi connectivity index (χ0v) is 18.8. The summed E-state index contributed by atoms with van der Waals surface area (Å²) >= 11 is 3.39. The second-order valence-corrected chi connectivity index (χ2v) is 8.15. The van der Waals surface area contributed by atoms with Crippen LogP contribution in [-0.2, 0) is 4.79 Å². The molecule has 0 atom stereocenters. The van der Waals surface area contributed by atoms with E-state index in [1.807, 2.05) is 42.2 Å². The van der Waals surface area contributed by atoms with E-state index in [1.54, 1.807) is 24.3 Å². The van der Waals surface area contributed by atoms with E-state index in [9.17, 15) is 9.59 Å². The van der Waals surface area contributed by atoms with Crippen molar-refractivity contribution in [2.24, 2.45) is 0 Å². The lowest BCUT2D eigenvalue weighted by Gasteiger charge is -2.22. The van der Waals surface area contributed by atoms with Gasteiger partial charge in [-0.2, -0.15) is 0 Å². The molecule has 0 spiro atoms. The van der Waals surface area contributed by atoms with Crippen LogP contribution in [0.15, 0.2) is 58.7 Å². The van der Waals surface area contributed by atoms with E-state index < -0.39 is 0 Å². The van der Waals surface area contributed by atoms with Crippen molar-refractivity contribution in [1.82, 2.24) is 10.2 Å². The van der Waals surface area contributed by atoms with Crippen LogP contribution in [0.25, 0.3) is 6.08 Å². The van der Waals surface area contributed by atoms with Crippen molar-refractivity contribution in [2.45, 2.75) is 32.6 Å². The van der Waals surface area contributed by atoms with Crippen molar-refractivity contribution < 1.29 is 14.3 Å². The minimum atomic E-state index is -0.309. The molecule has 1 aliphatic rings. The molecule has 1 N–H and O–H groups in total. The number of halogens is 1. The highest BCUT2D eigenvalue weighted by Gasteiger charge is 2.22. The van der Waals surface area contributed by atoms with E-state index in [4.69, 9.17) is 4.74 Å². The van der Waals surface area contributed by atoms with Gasteiger partial charge >= 0.3 is 0 Å². The normalized spacial score (nSPS) is 14.7. The summed E-state index contributed by atoms with van der Waals surface area (Å²) in [5.74, 6) is 0.319. The van der Waals surface area contributed by atoms with E-state index in [0.29, 0.717) is 25.3 Å². The molecule has 158 valence electrons. The highest BCUT2D eigenvalue weighted by atomic mass is 79.9. The lowest BCUT2D eigenvalue weighted by Crippen LogP contribution is -2.39. The van der Waals surface area contributed by atoms with Gasteiger partial charge in [-0.15, -0.1) is 0 Å². The van der Waals surface area contributed by atoms with Gasteiger partial charge in [0.05, 0.1) is 6.61 Å². The largest absolute Gasteiger partial charge is 0.494 e. The average molecular weight is 471 g/mol. The summed E-state index contributed by atoms with van der Waals surface area (Å²) in [6, 6.07) is 14.6. The number of carbonyl (C=O) groups is 2. The maximum Gasteiger partial charge on any atom is 0.270 e. The summed E-state index contributed by atoms with van der Waals surface area (Å²) in [7, 11) is 0. The Morgan fingerprint density at radius 2 is 1.77 bits per heavy atom. The fraction of sp³-hybridized carbons (Fsp3) is 0.333. The molecular weight excluding hydrogens is 444 g/mol. The molecule has 5 nitrogen and oxygen atoms in total. The number of hydrogen-bond donors (Lipinski definition) is 1. The number of amides is 2. The SMILES string of the molecule is CCOc1ccc(/C=C(\NC(=O)c2cccc(Br)c2)C(=O)N2CCCCCC2)cc1. The van der Waals surface area contributed by atoms with Crippen molar-refractivity contribution in [3.8, 4) is 5.75 Å². The Kier molecular flexibility index (Phi) is 8.08. The van der Waals surface area contributed by atoms with Gasteiger partial charge in [0.25, 0.3) is 11.8 Å². The molecule has 0 radical (unpaired) electrons. The zero-order valence-electron chi connectivity index (χ0n) is 17.2. The molecule has 6 heteroatoms. The molecule has 0 aromatic heterocycles. The fourth-order valence-corrected chi connectivity index (χ4v) is 3.81. The van der Waals surface area contributed by atoms with Gasteiger partial charge in [-0.1, -0.05) is 47.0 Å². The fourth-order valence-electron chi connectivity index (χ4n) is 3.41. The summed E-state index contributed by atoms with van der Waals surface area (Å²) in [6.07, 6.45) is 5.97. The number of nitrogens with one attached hydrogen (secondary N) is 1. The summed E-state index contributed by atoms with van der Waals surface area (Å²) < 4.78 is 6.30. The van der Waals surface area contributed by atoms with E-state index in [-0.39, 0.29) is 17.5 Å². The molecule has 1 fully saturated rings. The van der Waals surface area contributed by atoms with Gasteiger partial charge in [0.1, 0.15) is 11.4 Å². The van der Waals surface area contributed by atoms with Crippen LogP contribution < -0.4 is 10.1 Å². The van der Waals surface area contributed by atoms with Gasteiger partial charge in [0, 0.05) is 23.1 Å². The predicted molar refractivity (Wildman–Crippen MR) is 122 cm³/mol. The first-order chi connectivity index (χ1) is 14.6. The van der Waals surface area contributed by atoms with Crippen LogP contribution in [0.1, 0.15) is 48.5 Å². The average Bonchev–Trinajstić information content (AvgIpc) is 3.04. The number of rotatable bonds is 6. The Balaban J connectivity index is 1.86. The molecule has 3 rings (SSSR count). The highest BCUT2D eigenvalue weighted by molar-refractivity contribution is 9.10. The maximum atomic E-state index is 13.3. The minimum Gasteiger partial charge on any atom is -0.494 e. The van der Waals surface area contributed by atoms with Crippen molar-refractivity contribution >= 4 is 33.8 Å². The standard InChI is InChI=1S/C24H27BrN2O3/c1-2-30-21-12-10-18(11-13-21)16-22(24(29)27-14-5-3-4-6-15-27)26-23(28)19-8-7-9-20(25)17-19/h7-13,16-17H,2-6,14-15H2,1H3,(H,26,28)/b22-16-. The first kappa shape index (κ1) is 22.1. The first-order valence-electron chi connectivity index (χ1n) is 10.4. The van der Waals surface area contributed by atoms with E-state index in [1.165, 1.54) is 0 Å². The van der Waals surface area contributed by atoms with Crippen molar-refractivity contribution in [1.29, 1.82) is 0 Å². The van der Waals surface area contributed by atoms with Gasteiger partial charge in [0.2, 0.25) is 0 Å². The van der Waals surface area contributed by atoms with Crippen LogP contribution in [0.5, 0.6) is 5.75 Å². The van der Waals surface area contributed by atoms with Crippen LogP contribution >= 0.6 is 15.9 Å². The zero-order chi connectivity index (χ0) is 21.3. The van der Waals surface area contributed by atoms with Gasteiger partial charge in [0.15, 0.2) is 0 Å². The third-order valence-electron chi connectivity index (χ3n) is 4.96. The lowest BCUT2D eigenvalue weighted by atomic mass is 10.1. The smallest absolute Gasteiger partial charge is 0.270 e. The number of likely N-dealkylation sites (tertiary alicyclic amines) is 1. The third-order valence-corrected chi connectivity index (χ3v) is 5.45. The van der Waals surface area contributed by atoms with Crippen LogP contribution in [0.4, 0.5) is 0 Å². The molecule has 2 aromatic carbocycles. The van der Waals surface area contributed by atoms with E-state index >= 15 is 0 Å². The third kappa shape index (κ3) is 6.20. The topological polar surface area (TPSA) is 58.6 Å². The van der Waals surface area contributed by atoms with Gasteiger partial charge in [-0.3, -0.25) is 9.59 Å². The van der Waals surface area contributed by atoms with Crippen LogP contribution in [0.3, 0.4) is 0 Å². The Morgan fingerprint density at radius 1 is 1.07 bits per heavy atom. The van der Waals surface area contributed by atoms with Crippen molar-refractivity contribution in [3.05, 3.63) is 69.8 Å². The van der Waals surface area contributed by atoms with Crippen molar-refractivity contribution in [2.75, 3.05) is 19.7 Å².